The number of nitrogens with one attached hydrogen (secondary N) is 2. The third-order valence-electron chi connectivity index (χ3n) is 5.23. The summed E-state index contributed by atoms with van der Waals surface area (Å²) in [6.45, 7) is 7.88. The number of hydrogen-bond acceptors (Lipinski definition) is 7. The number of hydrazine groups is 1. The average molecular weight is 483 g/mol. The first-order valence-electron chi connectivity index (χ1n) is 11.3. The molecule has 180 valence electrons. The van der Waals surface area contributed by atoms with Crippen molar-refractivity contribution in [3.63, 3.8) is 0 Å². The van der Waals surface area contributed by atoms with Crippen molar-refractivity contribution in [3.05, 3.63) is 57.6 Å². The van der Waals surface area contributed by atoms with E-state index in [1.165, 1.54) is 16.8 Å². The molecule has 1 heterocycles. The number of nitrogens with zero attached hydrogens (tertiary/aromatic N) is 2. The number of hydrogen-bond donors (Lipinski definition) is 2. The molecule has 3 rings (SSSR count). The molecular weight excluding hydrogens is 452 g/mol. The first kappa shape index (κ1) is 25.4. The highest BCUT2D eigenvalue weighted by Crippen LogP contribution is 2.42. The van der Waals surface area contributed by atoms with Gasteiger partial charge in [0.15, 0.2) is 5.78 Å². The zero-order valence-electron chi connectivity index (χ0n) is 19.9. The Bertz CT molecular complexity index is 1060. The maximum atomic E-state index is 13.5. The summed E-state index contributed by atoms with van der Waals surface area (Å²) in [6, 6.07) is 9.11. The number of carbonyl (C=O) groups excluding carboxylic acids is 3. The maximum absolute atomic E-state index is 13.5. The summed E-state index contributed by atoms with van der Waals surface area (Å²) < 4.78 is 5.34. The number of ketones is 1. The van der Waals surface area contributed by atoms with Crippen molar-refractivity contribution in [1.29, 1.82) is 5.26 Å². The van der Waals surface area contributed by atoms with Crippen LogP contribution in [0.3, 0.4) is 0 Å². The molecule has 1 aromatic rings. The van der Waals surface area contributed by atoms with Crippen molar-refractivity contribution in [1.82, 2.24) is 15.8 Å². The molecule has 0 spiro atoms. The maximum Gasteiger partial charge on any atom is 0.426 e. The number of Topliss-reactive ketones (excluding diaryl/α,β-unsaturated/α-hetero) is 1. The van der Waals surface area contributed by atoms with Crippen molar-refractivity contribution < 1.29 is 19.1 Å². The van der Waals surface area contributed by atoms with Gasteiger partial charge in [-0.05, 0) is 51.3 Å². The quantitative estimate of drug-likeness (QED) is 0.569. The lowest BCUT2D eigenvalue weighted by Gasteiger charge is -2.28. The second-order valence-electron chi connectivity index (χ2n) is 9.17. The van der Waals surface area contributed by atoms with Crippen molar-refractivity contribution >= 4 is 29.5 Å². The minimum absolute atomic E-state index is 0.175. The van der Waals surface area contributed by atoms with Crippen LogP contribution in [-0.4, -0.2) is 40.8 Å². The van der Waals surface area contributed by atoms with E-state index in [4.69, 9.17) is 10.00 Å². The molecule has 34 heavy (non-hydrogen) atoms. The summed E-state index contributed by atoms with van der Waals surface area (Å²) in [5.74, 6) is -0.700. The molecule has 2 aliphatic rings. The lowest BCUT2D eigenvalue weighted by molar-refractivity contribution is -0.119. The number of rotatable bonds is 7. The molecule has 0 saturated heterocycles. The summed E-state index contributed by atoms with van der Waals surface area (Å²) in [7, 11) is 0. The van der Waals surface area contributed by atoms with Gasteiger partial charge in [-0.15, -0.1) is 0 Å². The normalized spacial score (nSPS) is 17.6. The molecule has 0 saturated carbocycles. The van der Waals surface area contributed by atoms with E-state index in [1.807, 2.05) is 19.1 Å². The van der Waals surface area contributed by atoms with Gasteiger partial charge in [0.25, 0.3) is 5.91 Å². The van der Waals surface area contributed by atoms with Crippen LogP contribution < -0.4 is 10.7 Å². The van der Waals surface area contributed by atoms with Crippen LogP contribution in [0.4, 0.5) is 4.79 Å². The van der Waals surface area contributed by atoms with Crippen LogP contribution in [0.2, 0.25) is 0 Å². The zero-order valence-corrected chi connectivity index (χ0v) is 20.8. The molecular formula is C25H30N4O4S. The molecule has 0 fully saturated rings. The highest BCUT2D eigenvalue weighted by Gasteiger charge is 2.40. The van der Waals surface area contributed by atoms with Crippen LogP contribution in [0.5, 0.6) is 0 Å². The molecule has 2 N–H and O–H groups in total. The van der Waals surface area contributed by atoms with Crippen molar-refractivity contribution in [3.8, 4) is 6.07 Å². The average Bonchev–Trinajstić information content (AvgIpc) is 3.18. The standard InChI is InChI=1S/C25H30N4O4S/c1-5-6-11-27-23(31)19-13-18(12-16-7-9-17(14-26)10-8-16)21(30)20-22(19)34-15-29(20)28-24(32)33-25(2,3)4/h7-10,13,18H,5-6,11-12,15H2,1-4H3,(H,27,31)(H,28,32). The van der Waals surface area contributed by atoms with Crippen LogP contribution in [0.15, 0.2) is 46.5 Å². The second kappa shape index (κ2) is 10.8. The molecule has 9 heteroatoms. The van der Waals surface area contributed by atoms with Gasteiger partial charge in [0, 0.05) is 12.5 Å². The fourth-order valence-corrected chi connectivity index (χ4v) is 4.75. The zero-order chi connectivity index (χ0) is 24.9. The summed E-state index contributed by atoms with van der Waals surface area (Å²) in [5, 5.41) is 13.4. The predicted molar refractivity (Wildman–Crippen MR) is 130 cm³/mol. The number of allylic oxidation sites excluding steroid dienone is 2. The number of ether oxygens (including phenoxy) is 1. The van der Waals surface area contributed by atoms with Crippen molar-refractivity contribution in [2.24, 2.45) is 5.92 Å². The van der Waals surface area contributed by atoms with Gasteiger partial charge < -0.3 is 10.1 Å². The topological polar surface area (TPSA) is 112 Å². The van der Waals surface area contributed by atoms with E-state index in [0.29, 0.717) is 40.6 Å². The lowest BCUT2D eigenvalue weighted by atomic mass is 9.86. The van der Waals surface area contributed by atoms with Gasteiger partial charge in [0.2, 0.25) is 0 Å². The minimum Gasteiger partial charge on any atom is -0.443 e. The first-order valence-corrected chi connectivity index (χ1v) is 12.3. The Hall–Kier alpha value is -3.25. The van der Waals surface area contributed by atoms with Gasteiger partial charge in [-0.2, -0.15) is 5.26 Å². The third-order valence-corrected chi connectivity index (χ3v) is 6.32. The van der Waals surface area contributed by atoms with E-state index in [0.717, 1.165) is 18.4 Å². The Morgan fingerprint density at radius 3 is 2.59 bits per heavy atom. The van der Waals surface area contributed by atoms with Crippen LogP contribution >= 0.6 is 11.8 Å². The number of unbranched alkanes of at least 4 members (excludes halogenated alkanes) is 1. The van der Waals surface area contributed by atoms with Gasteiger partial charge >= 0.3 is 6.09 Å². The van der Waals surface area contributed by atoms with Crippen LogP contribution in [0.1, 0.15) is 51.7 Å². The van der Waals surface area contributed by atoms with Gasteiger partial charge in [0.1, 0.15) is 11.3 Å². The number of amides is 2. The number of thioether (sulfide) groups is 1. The van der Waals surface area contributed by atoms with E-state index in [9.17, 15) is 14.4 Å². The van der Waals surface area contributed by atoms with E-state index in [-0.39, 0.29) is 11.7 Å². The molecule has 0 aromatic heterocycles. The second-order valence-corrected chi connectivity index (χ2v) is 10.1. The largest absolute Gasteiger partial charge is 0.443 e. The summed E-state index contributed by atoms with van der Waals surface area (Å²) >= 11 is 1.34. The van der Waals surface area contributed by atoms with Crippen molar-refractivity contribution in [2.75, 3.05) is 12.4 Å². The van der Waals surface area contributed by atoms with E-state index in [2.05, 4.69) is 16.8 Å². The third kappa shape index (κ3) is 6.20. The summed E-state index contributed by atoms with van der Waals surface area (Å²) in [6.07, 6.45) is 3.25. The number of carbonyl (C=O) groups is 3. The molecule has 0 bridgehead atoms. The molecule has 1 aliphatic carbocycles. The lowest BCUT2D eigenvalue weighted by Crippen LogP contribution is -2.45. The molecule has 1 atom stereocenters. The fraction of sp³-hybridized carbons (Fsp3) is 0.440. The Balaban J connectivity index is 1.88. The Morgan fingerprint density at radius 2 is 1.97 bits per heavy atom. The Labute approximate surface area is 204 Å². The molecule has 1 unspecified atom stereocenters. The first-order chi connectivity index (χ1) is 16.1. The highest BCUT2D eigenvalue weighted by molar-refractivity contribution is 8.03. The Kier molecular flexibility index (Phi) is 8.05. The van der Waals surface area contributed by atoms with Crippen LogP contribution in [-0.2, 0) is 20.7 Å². The van der Waals surface area contributed by atoms with Gasteiger partial charge in [-0.3, -0.25) is 14.6 Å². The molecule has 0 radical (unpaired) electrons. The fourth-order valence-electron chi connectivity index (χ4n) is 3.64. The smallest absolute Gasteiger partial charge is 0.426 e. The molecule has 1 aliphatic heterocycles. The monoisotopic (exact) mass is 482 g/mol. The molecule has 8 nitrogen and oxygen atoms in total. The number of nitriles is 1. The number of benzene rings is 1. The summed E-state index contributed by atoms with van der Waals surface area (Å²) in [5.41, 5.74) is 4.13. The van der Waals surface area contributed by atoms with Crippen LogP contribution in [0, 0.1) is 17.2 Å². The van der Waals surface area contributed by atoms with E-state index >= 15 is 0 Å². The molecule has 2 amide bonds. The SMILES string of the molecule is CCCCNC(=O)C1=CC(Cc2ccc(C#N)cc2)C(=O)C2=C1SCN2NC(=O)OC(C)(C)C. The Morgan fingerprint density at radius 1 is 1.26 bits per heavy atom. The minimum atomic E-state index is -0.687. The summed E-state index contributed by atoms with van der Waals surface area (Å²) in [4.78, 5) is 39.5. The predicted octanol–water partition coefficient (Wildman–Crippen LogP) is 3.80. The van der Waals surface area contributed by atoms with Crippen molar-refractivity contribution in [2.45, 2.75) is 52.6 Å². The highest BCUT2D eigenvalue weighted by atomic mass is 32.2. The van der Waals surface area contributed by atoms with Gasteiger partial charge in [-0.1, -0.05) is 43.3 Å². The van der Waals surface area contributed by atoms with Crippen LogP contribution in [0.25, 0.3) is 0 Å². The van der Waals surface area contributed by atoms with E-state index < -0.39 is 17.6 Å². The van der Waals surface area contributed by atoms with Gasteiger partial charge in [-0.25, -0.2) is 10.2 Å². The molecule has 1 aromatic carbocycles. The van der Waals surface area contributed by atoms with E-state index in [1.54, 1.807) is 39.0 Å². The van der Waals surface area contributed by atoms with Gasteiger partial charge in [0.05, 0.1) is 28.0 Å².